The van der Waals surface area contributed by atoms with Crippen LogP contribution in [-0.4, -0.2) is 66.8 Å². The first-order valence-electron chi connectivity index (χ1n) is 12.3. The monoisotopic (exact) mass is 487 g/mol. The third kappa shape index (κ3) is 4.39. The number of amides is 1. The molecule has 4 aliphatic heterocycles. The molecule has 4 heterocycles. The highest BCUT2D eigenvalue weighted by molar-refractivity contribution is 6.04. The Morgan fingerprint density at radius 3 is 2.69 bits per heavy atom. The number of anilines is 2. The SMILES string of the molecule is O=C(Nc1ccccc1OCC(O)CN1CCC2OC1C2N1COc2ccccc21)c1ccccc1. The second kappa shape index (κ2) is 9.81. The Balaban J connectivity index is 1.06. The topological polar surface area (TPSA) is 83.5 Å². The molecule has 186 valence electrons. The highest BCUT2D eigenvalue weighted by Crippen LogP contribution is 2.43. The largest absolute Gasteiger partial charge is 0.489 e. The minimum Gasteiger partial charge on any atom is -0.489 e. The van der Waals surface area contributed by atoms with Gasteiger partial charge in [0, 0.05) is 18.7 Å². The molecule has 8 heteroatoms. The lowest BCUT2D eigenvalue weighted by Gasteiger charge is -2.57. The average molecular weight is 488 g/mol. The first-order valence-corrected chi connectivity index (χ1v) is 12.3. The van der Waals surface area contributed by atoms with Crippen molar-refractivity contribution in [3.8, 4) is 11.5 Å². The van der Waals surface area contributed by atoms with Gasteiger partial charge in [0.1, 0.15) is 30.4 Å². The third-order valence-electron chi connectivity index (χ3n) is 6.99. The van der Waals surface area contributed by atoms with Gasteiger partial charge in [-0.2, -0.15) is 0 Å². The summed E-state index contributed by atoms with van der Waals surface area (Å²) in [5, 5.41) is 13.7. The van der Waals surface area contributed by atoms with Crippen molar-refractivity contribution in [2.45, 2.75) is 30.9 Å². The zero-order valence-corrected chi connectivity index (χ0v) is 19.8. The second-order valence-corrected chi connectivity index (χ2v) is 9.33. The lowest BCUT2D eigenvalue weighted by molar-refractivity contribution is -0.254. The molecule has 0 aromatic heterocycles. The van der Waals surface area contributed by atoms with E-state index in [4.69, 9.17) is 14.2 Å². The van der Waals surface area contributed by atoms with E-state index in [0.29, 0.717) is 30.3 Å². The van der Waals surface area contributed by atoms with Gasteiger partial charge >= 0.3 is 0 Å². The molecule has 0 radical (unpaired) electrons. The molecule has 1 amide bonds. The molecule has 8 nitrogen and oxygen atoms in total. The minimum absolute atomic E-state index is 0.0920. The zero-order valence-electron chi connectivity index (χ0n) is 19.8. The number of ether oxygens (including phenoxy) is 3. The number of nitrogens with one attached hydrogen (secondary N) is 1. The summed E-state index contributed by atoms with van der Waals surface area (Å²) in [6.45, 7) is 1.92. The van der Waals surface area contributed by atoms with Gasteiger partial charge in [0.25, 0.3) is 5.91 Å². The fourth-order valence-electron chi connectivity index (χ4n) is 5.21. The highest BCUT2D eigenvalue weighted by Gasteiger charge is 2.54. The number of carbonyl (C=O) groups excluding carboxylic acids is 1. The van der Waals surface area contributed by atoms with Crippen molar-refractivity contribution < 1.29 is 24.1 Å². The molecule has 4 atom stereocenters. The molecule has 3 aromatic carbocycles. The Hall–Kier alpha value is -3.59. The van der Waals surface area contributed by atoms with Crippen LogP contribution in [0.25, 0.3) is 0 Å². The van der Waals surface area contributed by atoms with E-state index in [0.717, 1.165) is 24.4 Å². The van der Waals surface area contributed by atoms with Gasteiger partial charge in [-0.1, -0.05) is 42.5 Å². The second-order valence-electron chi connectivity index (χ2n) is 9.33. The summed E-state index contributed by atoms with van der Waals surface area (Å²) in [7, 11) is 0. The molecule has 3 fully saturated rings. The van der Waals surface area contributed by atoms with Crippen LogP contribution in [0.15, 0.2) is 78.9 Å². The summed E-state index contributed by atoms with van der Waals surface area (Å²) in [5.41, 5.74) is 2.23. The van der Waals surface area contributed by atoms with Crippen LogP contribution in [0.5, 0.6) is 11.5 Å². The van der Waals surface area contributed by atoms with Gasteiger partial charge in [-0.15, -0.1) is 0 Å². The van der Waals surface area contributed by atoms with Crippen molar-refractivity contribution in [3.63, 3.8) is 0 Å². The van der Waals surface area contributed by atoms with Crippen molar-refractivity contribution >= 4 is 17.3 Å². The molecular formula is C28H29N3O5. The zero-order chi connectivity index (χ0) is 24.5. The van der Waals surface area contributed by atoms with Crippen LogP contribution in [0.2, 0.25) is 0 Å². The fraction of sp³-hybridized carbons (Fsp3) is 0.321. The summed E-state index contributed by atoms with van der Waals surface area (Å²) in [6.07, 6.45) is 0.272. The maximum absolute atomic E-state index is 12.6. The van der Waals surface area contributed by atoms with Crippen LogP contribution in [0.1, 0.15) is 16.8 Å². The van der Waals surface area contributed by atoms with Crippen LogP contribution in [0.3, 0.4) is 0 Å². The molecule has 0 aliphatic carbocycles. The van der Waals surface area contributed by atoms with Crippen molar-refractivity contribution in [2.75, 3.05) is 36.6 Å². The van der Waals surface area contributed by atoms with E-state index < -0.39 is 6.10 Å². The van der Waals surface area contributed by atoms with E-state index in [9.17, 15) is 9.90 Å². The number of rotatable bonds is 8. The van der Waals surface area contributed by atoms with Gasteiger partial charge in [0.2, 0.25) is 0 Å². The smallest absolute Gasteiger partial charge is 0.255 e. The molecule has 2 bridgehead atoms. The number of aliphatic hydroxyl groups is 1. The maximum Gasteiger partial charge on any atom is 0.255 e. The molecule has 0 spiro atoms. The lowest BCUT2D eigenvalue weighted by atomic mass is 9.91. The molecule has 7 rings (SSSR count). The number of hydrogen-bond acceptors (Lipinski definition) is 7. The van der Waals surface area contributed by atoms with E-state index >= 15 is 0 Å². The van der Waals surface area contributed by atoms with Crippen LogP contribution in [0, 0.1) is 0 Å². The standard InChI is InChI=1S/C28H29N3O5/c32-20(17-34-23-12-6-4-10-21(23)29-27(33)19-8-2-1-3-9-19)16-30-15-14-25-26(28(30)36-25)31-18-35-24-13-7-5-11-22(24)31/h1-13,20,25-26,28,32H,14-18H2,(H,29,33). The quantitative estimate of drug-likeness (QED) is 0.504. The molecule has 3 saturated heterocycles. The summed E-state index contributed by atoms with van der Waals surface area (Å²) in [6, 6.07) is 24.6. The van der Waals surface area contributed by atoms with Gasteiger partial charge < -0.3 is 29.5 Å². The normalized spacial score (nSPS) is 23.2. The Bertz CT molecular complexity index is 1220. The van der Waals surface area contributed by atoms with Crippen LogP contribution in [0.4, 0.5) is 11.4 Å². The number of benzene rings is 3. The first kappa shape index (κ1) is 22.8. The molecule has 3 aromatic rings. The molecule has 36 heavy (non-hydrogen) atoms. The summed E-state index contributed by atoms with van der Waals surface area (Å²) < 4.78 is 17.9. The first-order chi connectivity index (χ1) is 17.7. The summed E-state index contributed by atoms with van der Waals surface area (Å²) >= 11 is 0. The Kier molecular flexibility index (Phi) is 6.23. The molecular weight excluding hydrogens is 458 g/mol. The van der Waals surface area contributed by atoms with Gasteiger partial charge in [-0.05, 0) is 42.8 Å². The number of para-hydroxylation sites is 4. The fourth-order valence-corrected chi connectivity index (χ4v) is 5.21. The average Bonchev–Trinajstić information content (AvgIpc) is 3.32. The van der Waals surface area contributed by atoms with Crippen LogP contribution >= 0.6 is 0 Å². The molecule has 2 N–H and O–H groups in total. The molecule has 4 unspecified atom stereocenters. The van der Waals surface area contributed by atoms with Gasteiger partial charge in [-0.25, -0.2) is 0 Å². The van der Waals surface area contributed by atoms with Crippen molar-refractivity contribution in [3.05, 3.63) is 84.4 Å². The van der Waals surface area contributed by atoms with Gasteiger partial charge in [-0.3, -0.25) is 9.69 Å². The predicted molar refractivity (Wildman–Crippen MR) is 135 cm³/mol. The Labute approximate surface area is 210 Å². The minimum atomic E-state index is -0.716. The lowest BCUT2D eigenvalue weighted by Crippen LogP contribution is -2.73. The van der Waals surface area contributed by atoms with Gasteiger partial charge in [0.15, 0.2) is 6.73 Å². The van der Waals surface area contributed by atoms with Crippen molar-refractivity contribution in [1.29, 1.82) is 0 Å². The van der Waals surface area contributed by atoms with Crippen molar-refractivity contribution in [1.82, 2.24) is 4.90 Å². The number of nitrogens with zero attached hydrogens (tertiary/aromatic N) is 2. The number of aliphatic hydroxyl groups excluding tert-OH is 1. The molecule has 0 saturated carbocycles. The Morgan fingerprint density at radius 1 is 1.06 bits per heavy atom. The summed E-state index contributed by atoms with van der Waals surface area (Å²) in [4.78, 5) is 17.0. The number of piperidine rings is 1. The van der Waals surface area contributed by atoms with Gasteiger partial charge in [0.05, 0.1) is 23.5 Å². The third-order valence-corrected chi connectivity index (χ3v) is 6.99. The van der Waals surface area contributed by atoms with Crippen molar-refractivity contribution in [2.24, 2.45) is 0 Å². The number of hydrogen-bond donors (Lipinski definition) is 2. The Morgan fingerprint density at radius 2 is 1.83 bits per heavy atom. The maximum atomic E-state index is 12.6. The number of fused-ring (bicyclic) bond motifs is 3. The van der Waals surface area contributed by atoms with E-state index in [1.54, 1.807) is 24.3 Å². The predicted octanol–water partition coefficient (Wildman–Crippen LogP) is 3.33. The van der Waals surface area contributed by atoms with Crippen LogP contribution in [-0.2, 0) is 4.74 Å². The molecule has 4 aliphatic rings. The highest BCUT2D eigenvalue weighted by atomic mass is 16.6. The van der Waals surface area contributed by atoms with Crippen LogP contribution < -0.4 is 19.7 Å². The number of carbonyl (C=O) groups is 1. The van der Waals surface area contributed by atoms with E-state index in [1.165, 1.54) is 0 Å². The van der Waals surface area contributed by atoms with E-state index in [1.807, 2.05) is 48.5 Å². The summed E-state index contributed by atoms with van der Waals surface area (Å²) in [5.74, 6) is 1.21. The van der Waals surface area contributed by atoms with E-state index in [-0.39, 0.29) is 30.9 Å². The van der Waals surface area contributed by atoms with E-state index in [2.05, 4.69) is 21.2 Å².